The van der Waals surface area contributed by atoms with Crippen molar-refractivity contribution in [3.8, 4) is 11.8 Å². The molecule has 0 saturated carbocycles. The smallest absolute Gasteiger partial charge is 0.417 e. The molecule has 146 valence electrons. The van der Waals surface area contributed by atoms with Crippen LogP contribution in [0.5, 0.6) is 5.75 Å². The minimum absolute atomic E-state index is 0.0541. The minimum atomic E-state index is -4.69. The summed E-state index contributed by atoms with van der Waals surface area (Å²) < 4.78 is 40.1. The Hall–Kier alpha value is -2.86. The lowest BCUT2D eigenvalue weighted by molar-refractivity contribution is -0.137. The first-order chi connectivity index (χ1) is 13.0. The van der Waals surface area contributed by atoms with Crippen molar-refractivity contribution in [2.45, 2.75) is 31.1 Å². The van der Waals surface area contributed by atoms with Crippen LogP contribution in [-0.4, -0.2) is 22.0 Å². The predicted octanol–water partition coefficient (Wildman–Crippen LogP) is 4.58. The maximum atomic E-state index is 13.4. The number of rotatable bonds is 2. The fourth-order valence-electron chi connectivity index (χ4n) is 3.27. The number of nitrogens with zero attached hydrogens (tertiary/aromatic N) is 3. The number of halogens is 3. The molecule has 5 nitrogen and oxygen atoms in total. The molecule has 9 heteroatoms. The highest BCUT2D eigenvalue weighted by molar-refractivity contribution is 7.81. The Labute approximate surface area is 165 Å². The number of benzene rings is 2. The van der Waals surface area contributed by atoms with Gasteiger partial charge in [0.2, 0.25) is 0 Å². The van der Waals surface area contributed by atoms with Gasteiger partial charge >= 0.3 is 6.18 Å². The molecular weight excluding hydrogens is 389 g/mol. The molecule has 1 fully saturated rings. The van der Waals surface area contributed by atoms with E-state index in [1.165, 1.54) is 23.1 Å². The summed E-state index contributed by atoms with van der Waals surface area (Å²) in [6.45, 7) is 3.53. The summed E-state index contributed by atoms with van der Waals surface area (Å²) in [5, 5.41) is 27.1. The Morgan fingerprint density at radius 3 is 2.25 bits per heavy atom. The van der Waals surface area contributed by atoms with Crippen LogP contribution >= 0.6 is 12.6 Å². The van der Waals surface area contributed by atoms with Crippen molar-refractivity contribution in [1.82, 2.24) is 0 Å². The van der Waals surface area contributed by atoms with E-state index in [4.69, 9.17) is 10.7 Å². The van der Waals surface area contributed by atoms with Crippen molar-refractivity contribution in [3.63, 3.8) is 0 Å². The maximum Gasteiger partial charge on any atom is 0.417 e. The zero-order valence-electron chi connectivity index (χ0n) is 15.0. The lowest BCUT2D eigenvalue weighted by Crippen LogP contribution is -2.44. The van der Waals surface area contributed by atoms with E-state index in [-0.39, 0.29) is 17.3 Å². The first kappa shape index (κ1) is 19.9. The second kappa shape index (κ2) is 6.63. The highest BCUT2D eigenvalue weighted by atomic mass is 32.1. The van der Waals surface area contributed by atoms with Crippen molar-refractivity contribution in [1.29, 1.82) is 10.7 Å². The Kier molecular flexibility index (Phi) is 4.71. The van der Waals surface area contributed by atoms with E-state index in [1.54, 1.807) is 36.9 Å². The van der Waals surface area contributed by atoms with E-state index in [9.17, 15) is 18.3 Å². The molecule has 1 aliphatic rings. The molecule has 28 heavy (non-hydrogen) atoms. The van der Waals surface area contributed by atoms with Crippen molar-refractivity contribution >= 4 is 29.8 Å². The first-order valence-electron chi connectivity index (χ1n) is 8.24. The van der Waals surface area contributed by atoms with Gasteiger partial charge in [0.15, 0.2) is 5.50 Å². The molecule has 2 N–H and O–H groups in total. The molecule has 0 aromatic heterocycles. The van der Waals surface area contributed by atoms with Crippen molar-refractivity contribution in [2.75, 3.05) is 9.80 Å². The van der Waals surface area contributed by atoms with Gasteiger partial charge in [-0.1, -0.05) is 0 Å². The highest BCUT2D eigenvalue weighted by Gasteiger charge is 2.49. The summed E-state index contributed by atoms with van der Waals surface area (Å²) >= 11 is 4.56. The molecule has 0 bridgehead atoms. The number of phenolic OH excluding ortho intramolecular Hbond substituents is 1. The lowest BCUT2D eigenvalue weighted by atomic mass is 10.0. The topological polar surface area (TPSA) is 74.4 Å². The second-order valence-electron chi connectivity index (χ2n) is 6.85. The van der Waals surface area contributed by atoms with E-state index < -0.39 is 28.3 Å². The Balaban J connectivity index is 2.10. The van der Waals surface area contributed by atoms with Gasteiger partial charge in [0.05, 0.1) is 22.7 Å². The number of hydrogen-bond donors (Lipinski definition) is 3. The van der Waals surface area contributed by atoms with E-state index >= 15 is 0 Å². The number of amidine groups is 1. The third-order valence-electron chi connectivity index (χ3n) is 4.72. The van der Waals surface area contributed by atoms with Gasteiger partial charge in [-0.25, -0.2) is 0 Å². The van der Waals surface area contributed by atoms with Crippen LogP contribution in [0.3, 0.4) is 0 Å². The Bertz CT molecular complexity index is 967. The van der Waals surface area contributed by atoms with Crippen LogP contribution in [0, 0.1) is 16.7 Å². The molecule has 0 amide bonds. The average molecular weight is 406 g/mol. The van der Waals surface area contributed by atoms with Gasteiger partial charge in [-0.3, -0.25) is 10.3 Å². The van der Waals surface area contributed by atoms with E-state index in [2.05, 4.69) is 12.6 Å². The number of phenols is 1. The molecule has 1 aliphatic heterocycles. The number of nitrogens with one attached hydrogen (secondary N) is 1. The standard InChI is InChI=1S/C19H17F3N4OS/c1-18(2)16(24)25(17(28)26(18)12-5-7-14(27)8-6-12)13-4-3-11(10-23)15(9-13)19(20,21)22/h3-9,17,24,27-28H,1-2H3. The van der Waals surface area contributed by atoms with E-state index in [1.807, 2.05) is 0 Å². The fourth-order valence-corrected chi connectivity index (χ4v) is 3.95. The van der Waals surface area contributed by atoms with Crippen LogP contribution in [0.4, 0.5) is 24.5 Å². The largest absolute Gasteiger partial charge is 0.508 e. The van der Waals surface area contributed by atoms with E-state index in [0.717, 1.165) is 12.1 Å². The number of hydrogen-bond acceptors (Lipinski definition) is 5. The molecule has 3 rings (SSSR count). The van der Waals surface area contributed by atoms with Gasteiger partial charge in [0, 0.05) is 11.4 Å². The van der Waals surface area contributed by atoms with Crippen LogP contribution in [0.25, 0.3) is 0 Å². The summed E-state index contributed by atoms with van der Waals surface area (Å²) in [6.07, 6.45) is -4.69. The summed E-state index contributed by atoms with van der Waals surface area (Å²) in [5.74, 6) is 0.128. The number of anilines is 2. The second-order valence-corrected chi connectivity index (χ2v) is 7.31. The van der Waals surface area contributed by atoms with Gasteiger partial charge in [-0.05, 0) is 56.3 Å². The van der Waals surface area contributed by atoms with Crippen LogP contribution in [0.15, 0.2) is 42.5 Å². The van der Waals surface area contributed by atoms with Gasteiger partial charge < -0.3 is 10.0 Å². The molecule has 0 radical (unpaired) electrons. The Morgan fingerprint density at radius 2 is 1.71 bits per heavy atom. The molecule has 0 aliphatic carbocycles. The molecule has 2 aromatic rings. The fraction of sp³-hybridized carbons (Fsp3) is 0.263. The number of thiol groups is 1. The maximum absolute atomic E-state index is 13.4. The van der Waals surface area contributed by atoms with Crippen molar-refractivity contribution < 1.29 is 18.3 Å². The summed E-state index contributed by atoms with van der Waals surface area (Å²) in [6, 6.07) is 11.2. The van der Waals surface area contributed by atoms with Crippen LogP contribution in [0.1, 0.15) is 25.0 Å². The first-order valence-corrected chi connectivity index (χ1v) is 8.76. The third-order valence-corrected chi connectivity index (χ3v) is 5.18. The van der Waals surface area contributed by atoms with Crippen molar-refractivity contribution in [3.05, 3.63) is 53.6 Å². The van der Waals surface area contributed by atoms with Gasteiger partial charge in [-0.2, -0.15) is 18.4 Å². The van der Waals surface area contributed by atoms with Gasteiger partial charge in [0.1, 0.15) is 11.6 Å². The molecule has 1 heterocycles. The quantitative estimate of drug-likeness (QED) is 0.639. The Morgan fingerprint density at radius 1 is 1.14 bits per heavy atom. The van der Waals surface area contributed by atoms with Gasteiger partial charge in [0.25, 0.3) is 0 Å². The molecule has 1 saturated heterocycles. The van der Waals surface area contributed by atoms with Crippen molar-refractivity contribution in [2.24, 2.45) is 0 Å². The molecule has 0 spiro atoms. The van der Waals surface area contributed by atoms with Gasteiger partial charge in [-0.15, -0.1) is 12.6 Å². The molecule has 2 aromatic carbocycles. The number of alkyl halides is 3. The zero-order valence-corrected chi connectivity index (χ0v) is 15.9. The molecule has 1 atom stereocenters. The minimum Gasteiger partial charge on any atom is -0.508 e. The van der Waals surface area contributed by atoms with E-state index in [0.29, 0.717) is 5.69 Å². The zero-order chi connectivity index (χ0) is 20.9. The summed E-state index contributed by atoms with van der Waals surface area (Å²) in [4.78, 5) is 3.15. The number of nitriles is 1. The number of aromatic hydroxyl groups is 1. The van der Waals surface area contributed by atoms with Crippen LogP contribution in [0.2, 0.25) is 0 Å². The highest BCUT2D eigenvalue weighted by Crippen LogP contribution is 2.42. The lowest BCUT2D eigenvalue weighted by Gasteiger charge is -2.34. The average Bonchev–Trinajstić information content (AvgIpc) is 2.79. The normalized spacial score (nSPS) is 19.0. The SMILES string of the molecule is CC1(C)C(=N)N(c2ccc(C#N)c(C(F)(F)F)c2)C(S)N1c1ccc(O)cc1. The summed E-state index contributed by atoms with van der Waals surface area (Å²) in [7, 11) is 0. The molecular formula is C19H17F3N4OS. The third kappa shape index (κ3) is 3.14. The molecule has 1 unspecified atom stereocenters. The van der Waals surface area contributed by atoms with Crippen LogP contribution in [-0.2, 0) is 6.18 Å². The monoisotopic (exact) mass is 406 g/mol. The summed E-state index contributed by atoms with van der Waals surface area (Å²) in [5.41, 5.74) is -2.41. The predicted molar refractivity (Wildman–Crippen MR) is 104 cm³/mol. The van der Waals surface area contributed by atoms with Crippen LogP contribution < -0.4 is 9.80 Å².